The van der Waals surface area contributed by atoms with Gasteiger partial charge in [-0.15, -0.1) is 0 Å². The Morgan fingerprint density at radius 2 is 0.445 bits per heavy atom. The number of rotatable bonds is 12. The Labute approximate surface area is 736 Å². The molecule has 0 fully saturated rings. The number of fused-ring (bicyclic) bond motifs is 16. The number of benzene rings is 17. The summed E-state index contributed by atoms with van der Waals surface area (Å²) in [6.07, 6.45) is 1.98. The van der Waals surface area contributed by atoms with E-state index < -0.39 is 0 Å². The van der Waals surface area contributed by atoms with Gasteiger partial charge in [-0.2, -0.15) is 0 Å². The fraction of sp³-hybridized carbons (Fsp3) is 0. The first-order valence-electron chi connectivity index (χ1n) is 43.5. The molecular weight excluding hydrogens is 1560 g/mol. The number of hydrogen-bond donors (Lipinski definition) is 0. The number of para-hydroxylation sites is 10. The summed E-state index contributed by atoms with van der Waals surface area (Å²) in [5.74, 6) is 0. The third kappa shape index (κ3) is 12.6. The first-order chi connectivity index (χ1) is 63.4. The van der Waals surface area contributed by atoms with E-state index in [9.17, 15) is 0 Å². The third-order valence-corrected chi connectivity index (χ3v) is 25.6. The molecule has 26 aromatic rings. The van der Waals surface area contributed by atoms with E-state index in [0.29, 0.717) is 0 Å². The molecule has 0 aliphatic rings. The fourth-order valence-corrected chi connectivity index (χ4v) is 19.6. The minimum atomic E-state index is 0.831. The topological polar surface area (TPSA) is 84.2 Å². The Hall–Kier alpha value is -17.3. The van der Waals surface area contributed by atoms with Crippen LogP contribution < -0.4 is 0 Å². The van der Waals surface area contributed by atoms with Crippen molar-refractivity contribution in [3.8, 4) is 112 Å². The summed E-state index contributed by atoms with van der Waals surface area (Å²) in [7, 11) is 0. The smallest absolute Gasteiger partial charge is 0.0893 e. The second-order valence-corrected chi connectivity index (χ2v) is 33.0. The van der Waals surface area contributed by atoms with Crippen molar-refractivity contribution in [3.63, 3.8) is 0 Å². The van der Waals surface area contributed by atoms with Crippen molar-refractivity contribution >= 4 is 131 Å². The highest BCUT2D eigenvalue weighted by molar-refractivity contribution is 6.15. The van der Waals surface area contributed by atoms with Gasteiger partial charge in [0.15, 0.2) is 0 Å². The molecule has 0 amide bonds. The standard InChI is InChI=1S/C60H38N4.C59H37N5/c1-3-17-45(18-4-1)63-57-24-11-8-21-47(57)51-36-41(28-32-59(51)63)40-27-31-55-50(35-40)49(42-15-13-16-43(34-42)54-30-26-39-14-7-10-23-53(39)61-54)38-56(62-55)44-29-33-60-52(37-44)48-22-9-12-25-58(48)64(60)46-19-5-2-6-20-46;1-3-14-43(15-4-1)63-56-21-11-8-18-45(56)49-34-40(26-31-58(49)63)39-24-28-52-48(33-39)47(42-25-29-53(60-37-42)54-30-23-38-13-7-10-20-51(38)61-54)36-55(62-52)41-27-32-59-50(35-41)46-19-9-12-22-57(46)64(59)44-16-5-2-6-17-44/h1-38H;1-37H. The van der Waals surface area contributed by atoms with E-state index in [0.717, 1.165) is 162 Å². The Kier molecular flexibility index (Phi) is 17.4. The summed E-state index contributed by atoms with van der Waals surface area (Å²) >= 11 is 0. The molecule has 0 aliphatic heterocycles. The molecule has 128 heavy (non-hydrogen) atoms. The van der Waals surface area contributed by atoms with Crippen LogP contribution in [0.25, 0.3) is 243 Å². The second-order valence-electron chi connectivity index (χ2n) is 33.0. The summed E-state index contributed by atoms with van der Waals surface area (Å²) in [4.78, 5) is 25.9. The Bertz CT molecular complexity index is 8940. The maximum Gasteiger partial charge on any atom is 0.0893 e. The maximum atomic E-state index is 5.44. The van der Waals surface area contributed by atoms with Crippen LogP contribution in [0, 0.1) is 0 Å². The lowest BCUT2D eigenvalue weighted by atomic mass is 9.93. The summed E-state index contributed by atoms with van der Waals surface area (Å²) in [5, 5.41) is 14.1. The van der Waals surface area contributed by atoms with Crippen molar-refractivity contribution in [1.82, 2.24) is 43.2 Å². The van der Waals surface area contributed by atoms with E-state index in [-0.39, 0.29) is 0 Å². The largest absolute Gasteiger partial charge is 0.309 e. The van der Waals surface area contributed by atoms with Crippen LogP contribution >= 0.6 is 0 Å². The molecule has 0 aliphatic carbocycles. The minimum absolute atomic E-state index is 0.831. The zero-order chi connectivity index (χ0) is 84.3. The molecule has 0 saturated carbocycles. The fourth-order valence-electron chi connectivity index (χ4n) is 19.6. The minimum Gasteiger partial charge on any atom is -0.309 e. The predicted molar refractivity (Wildman–Crippen MR) is 533 cm³/mol. The van der Waals surface area contributed by atoms with E-state index in [2.05, 4.69) is 443 Å². The molecule has 596 valence electrons. The first-order valence-corrected chi connectivity index (χ1v) is 43.5. The zero-order valence-electron chi connectivity index (χ0n) is 69.3. The van der Waals surface area contributed by atoms with E-state index in [1.165, 1.54) is 81.7 Å². The lowest BCUT2D eigenvalue weighted by molar-refractivity contribution is 1.18. The van der Waals surface area contributed by atoms with Crippen LogP contribution in [0.1, 0.15) is 0 Å². The summed E-state index contributed by atoms with van der Waals surface area (Å²) in [6.45, 7) is 0. The predicted octanol–water partition coefficient (Wildman–Crippen LogP) is 30.7. The van der Waals surface area contributed by atoms with Crippen LogP contribution in [0.2, 0.25) is 0 Å². The molecule has 0 atom stereocenters. The average Bonchev–Trinajstić information content (AvgIpc) is 1.76. The van der Waals surface area contributed by atoms with E-state index in [1.807, 2.05) is 30.5 Å². The highest BCUT2D eigenvalue weighted by Crippen LogP contribution is 2.45. The van der Waals surface area contributed by atoms with Gasteiger partial charge >= 0.3 is 0 Å². The summed E-state index contributed by atoms with van der Waals surface area (Å²) in [6, 6.07) is 160. The normalized spacial score (nSPS) is 11.8. The third-order valence-electron chi connectivity index (χ3n) is 25.6. The molecule has 9 aromatic heterocycles. The van der Waals surface area contributed by atoms with Crippen LogP contribution in [-0.2, 0) is 0 Å². The van der Waals surface area contributed by atoms with Crippen LogP contribution in [0.15, 0.2) is 455 Å². The van der Waals surface area contributed by atoms with Gasteiger partial charge in [-0.1, -0.05) is 255 Å². The van der Waals surface area contributed by atoms with Crippen molar-refractivity contribution < 1.29 is 0 Å². The van der Waals surface area contributed by atoms with Gasteiger partial charge in [0.05, 0.1) is 94.7 Å². The molecule has 0 unspecified atom stereocenters. The molecule has 0 saturated heterocycles. The quantitative estimate of drug-likeness (QED) is 0.122. The van der Waals surface area contributed by atoms with Crippen LogP contribution in [-0.4, -0.2) is 43.2 Å². The molecule has 0 bridgehead atoms. The Morgan fingerprint density at radius 1 is 0.148 bits per heavy atom. The molecule has 9 nitrogen and oxygen atoms in total. The lowest BCUT2D eigenvalue weighted by Gasteiger charge is -2.14. The number of nitrogens with zero attached hydrogens (tertiary/aromatic N) is 9. The summed E-state index contributed by atoms with van der Waals surface area (Å²) < 4.78 is 9.44. The average molecular weight is 1630 g/mol. The Balaban J connectivity index is 0.000000139. The van der Waals surface area contributed by atoms with Crippen LogP contribution in [0.5, 0.6) is 0 Å². The van der Waals surface area contributed by atoms with Gasteiger partial charge in [0.25, 0.3) is 0 Å². The van der Waals surface area contributed by atoms with E-state index in [1.54, 1.807) is 0 Å². The molecule has 9 heteroatoms. The molecule has 17 aromatic carbocycles. The zero-order valence-corrected chi connectivity index (χ0v) is 69.3. The van der Waals surface area contributed by atoms with Gasteiger partial charge in [0, 0.05) is 116 Å². The Morgan fingerprint density at radius 3 is 0.859 bits per heavy atom. The van der Waals surface area contributed by atoms with Gasteiger partial charge < -0.3 is 18.3 Å². The molecule has 0 spiro atoms. The molecule has 26 rings (SSSR count). The van der Waals surface area contributed by atoms with Gasteiger partial charge in [0.2, 0.25) is 0 Å². The van der Waals surface area contributed by atoms with Crippen molar-refractivity contribution in [3.05, 3.63) is 455 Å². The SMILES string of the molecule is c1ccc(-n2c3ccccc3c3cc(-c4ccc5nc(-c6ccc7c(c6)c6ccccc6n7-c6ccccc6)cc(-c6ccc(-c7ccc8ccccc8n7)nc6)c5c4)ccc32)cc1.c1ccc(-n2c3ccccc3c3cc(-c4ccc5nc(-c6ccc7c(c6)c6ccccc6n7-c6ccccc6)cc(-c6cccc(-c7ccc8ccccc8n7)c6)c5c4)ccc32)cc1. The lowest BCUT2D eigenvalue weighted by Crippen LogP contribution is -1.94. The van der Waals surface area contributed by atoms with Gasteiger partial charge in [-0.25, -0.2) is 19.9 Å². The van der Waals surface area contributed by atoms with E-state index in [4.69, 9.17) is 24.9 Å². The van der Waals surface area contributed by atoms with Crippen molar-refractivity contribution in [2.24, 2.45) is 0 Å². The number of pyridine rings is 5. The van der Waals surface area contributed by atoms with E-state index >= 15 is 0 Å². The van der Waals surface area contributed by atoms with Crippen molar-refractivity contribution in [1.29, 1.82) is 0 Å². The monoisotopic (exact) mass is 1630 g/mol. The summed E-state index contributed by atoms with van der Waals surface area (Å²) in [5.41, 5.74) is 34.4. The molecule has 0 radical (unpaired) electrons. The first kappa shape index (κ1) is 73.4. The highest BCUT2D eigenvalue weighted by atomic mass is 15.0. The van der Waals surface area contributed by atoms with Crippen molar-refractivity contribution in [2.45, 2.75) is 0 Å². The molecule has 9 heterocycles. The van der Waals surface area contributed by atoms with Gasteiger partial charge in [-0.05, 0) is 233 Å². The van der Waals surface area contributed by atoms with Gasteiger partial charge in [0.1, 0.15) is 0 Å². The number of hydrogen-bond acceptors (Lipinski definition) is 5. The van der Waals surface area contributed by atoms with Gasteiger partial charge in [-0.3, -0.25) is 4.98 Å². The maximum absolute atomic E-state index is 5.44. The highest BCUT2D eigenvalue weighted by Gasteiger charge is 2.23. The molecular formula is C119H75N9. The van der Waals surface area contributed by atoms with Crippen LogP contribution in [0.3, 0.4) is 0 Å². The van der Waals surface area contributed by atoms with Crippen LogP contribution in [0.4, 0.5) is 0 Å². The second kappa shape index (κ2) is 30.4. The molecule has 0 N–H and O–H groups in total. The number of aromatic nitrogens is 9. The van der Waals surface area contributed by atoms with Crippen molar-refractivity contribution in [2.75, 3.05) is 0 Å².